The number of carbonyl (C=O) groups is 2. The van der Waals surface area contributed by atoms with Crippen LogP contribution in [0.5, 0.6) is 0 Å². The zero-order valence-corrected chi connectivity index (χ0v) is 10.8. The maximum atomic E-state index is 11.9. The number of hydrogen-bond donors (Lipinski definition) is 2. The van der Waals surface area contributed by atoms with Gasteiger partial charge in [0.1, 0.15) is 6.54 Å². The third kappa shape index (κ3) is 6.21. The molecule has 0 aliphatic rings. The van der Waals surface area contributed by atoms with Crippen LogP contribution >= 0.6 is 0 Å². The van der Waals surface area contributed by atoms with Crippen molar-refractivity contribution in [2.45, 2.75) is 25.6 Å². The molecule has 1 aromatic rings. The standard InChI is InChI=1S/C13H15F3N2O2/c1-9(7-11(19)17-8-13(14,15)16)18-12(20)10-5-3-2-4-6-10/h2-6,9H,7-8H2,1H3,(H,17,19)(H,18,20). The Bertz CT molecular complexity index is 460. The molecule has 0 saturated carbocycles. The van der Waals surface area contributed by atoms with E-state index >= 15 is 0 Å². The van der Waals surface area contributed by atoms with Crippen molar-refractivity contribution in [1.29, 1.82) is 0 Å². The highest BCUT2D eigenvalue weighted by Crippen LogP contribution is 2.12. The Kier molecular flexibility index (Phi) is 5.54. The largest absolute Gasteiger partial charge is 0.405 e. The lowest BCUT2D eigenvalue weighted by molar-refractivity contribution is -0.138. The van der Waals surface area contributed by atoms with E-state index in [9.17, 15) is 22.8 Å². The normalized spacial score (nSPS) is 12.6. The van der Waals surface area contributed by atoms with E-state index < -0.39 is 24.7 Å². The molecule has 1 rings (SSSR count). The smallest absolute Gasteiger partial charge is 0.349 e. The summed E-state index contributed by atoms with van der Waals surface area (Å²) in [7, 11) is 0. The van der Waals surface area contributed by atoms with Crippen molar-refractivity contribution in [2.24, 2.45) is 0 Å². The Hall–Kier alpha value is -2.05. The minimum atomic E-state index is -4.44. The van der Waals surface area contributed by atoms with E-state index in [1.54, 1.807) is 42.6 Å². The molecule has 2 amide bonds. The number of benzene rings is 1. The fraction of sp³-hybridized carbons (Fsp3) is 0.385. The van der Waals surface area contributed by atoms with Gasteiger partial charge in [-0.1, -0.05) is 18.2 Å². The van der Waals surface area contributed by atoms with Gasteiger partial charge < -0.3 is 10.6 Å². The van der Waals surface area contributed by atoms with Gasteiger partial charge in [0.15, 0.2) is 0 Å². The Balaban J connectivity index is 2.38. The maximum absolute atomic E-state index is 11.9. The molecule has 1 aromatic carbocycles. The summed E-state index contributed by atoms with van der Waals surface area (Å²) in [5.74, 6) is -1.13. The van der Waals surface area contributed by atoms with E-state index in [4.69, 9.17) is 0 Å². The third-order valence-corrected chi connectivity index (χ3v) is 2.39. The van der Waals surface area contributed by atoms with Gasteiger partial charge in [-0.15, -0.1) is 0 Å². The van der Waals surface area contributed by atoms with Crippen LogP contribution in [-0.2, 0) is 4.79 Å². The molecule has 1 unspecified atom stereocenters. The fourth-order valence-electron chi connectivity index (χ4n) is 1.50. The van der Waals surface area contributed by atoms with Gasteiger partial charge in [0.05, 0.1) is 0 Å². The van der Waals surface area contributed by atoms with Crippen molar-refractivity contribution in [3.63, 3.8) is 0 Å². The van der Waals surface area contributed by atoms with Crippen LogP contribution < -0.4 is 10.6 Å². The number of halogens is 3. The number of hydrogen-bond acceptors (Lipinski definition) is 2. The highest BCUT2D eigenvalue weighted by Gasteiger charge is 2.27. The van der Waals surface area contributed by atoms with Crippen LogP contribution in [0, 0.1) is 0 Å². The van der Waals surface area contributed by atoms with Gasteiger partial charge in [0.25, 0.3) is 5.91 Å². The molecule has 4 nitrogen and oxygen atoms in total. The zero-order chi connectivity index (χ0) is 15.2. The average molecular weight is 288 g/mol. The fourth-order valence-corrected chi connectivity index (χ4v) is 1.50. The summed E-state index contributed by atoms with van der Waals surface area (Å²) in [6.07, 6.45) is -4.65. The molecule has 0 aliphatic heterocycles. The first-order chi connectivity index (χ1) is 9.28. The molecule has 0 fully saturated rings. The summed E-state index contributed by atoms with van der Waals surface area (Å²) in [5, 5.41) is 4.29. The molecule has 0 aliphatic carbocycles. The second-order valence-electron chi connectivity index (χ2n) is 4.34. The van der Waals surface area contributed by atoms with Gasteiger partial charge >= 0.3 is 6.18 Å². The van der Waals surface area contributed by atoms with Crippen molar-refractivity contribution in [1.82, 2.24) is 10.6 Å². The predicted molar refractivity (Wildman–Crippen MR) is 67.1 cm³/mol. The van der Waals surface area contributed by atoms with Gasteiger partial charge in [-0.2, -0.15) is 13.2 Å². The summed E-state index contributed by atoms with van der Waals surface area (Å²) >= 11 is 0. The Morgan fingerprint density at radius 1 is 1.20 bits per heavy atom. The first-order valence-electron chi connectivity index (χ1n) is 5.97. The van der Waals surface area contributed by atoms with Crippen LogP contribution in [0.4, 0.5) is 13.2 Å². The highest BCUT2D eigenvalue weighted by atomic mass is 19.4. The van der Waals surface area contributed by atoms with Crippen LogP contribution in [-0.4, -0.2) is 30.6 Å². The summed E-state index contributed by atoms with van der Waals surface area (Å²) in [6, 6.07) is 7.78. The summed E-state index contributed by atoms with van der Waals surface area (Å²) in [4.78, 5) is 23.0. The van der Waals surface area contributed by atoms with Crippen molar-refractivity contribution in [3.05, 3.63) is 35.9 Å². The van der Waals surface area contributed by atoms with Gasteiger partial charge in [-0.05, 0) is 19.1 Å². The lowest BCUT2D eigenvalue weighted by Crippen LogP contribution is -2.39. The lowest BCUT2D eigenvalue weighted by Gasteiger charge is -2.14. The first kappa shape index (κ1) is 16.0. The molecular weight excluding hydrogens is 273 g/mol. The molecule has 0 bridgehead atoms. The van der Waals surface area contributed by atoms with E-state index in [0.29, 0.717) is 5.56 Å². The van der Waals surface area contributed by atoms with Crippen molar-refractivity contribution in [3.8, 4) is 0 Å². The number of amides is 2. The molecule has 0 radical (unpaired) electrons. The third-order valence-electron chi connectivity index (χ3n) is 2.39. The van der Waals surface area contributed by atoms with Crippen LogP contribution in [0.3, 0.4) is 0 Å². The van der Waals surface area contributed by atoms with Crippen molar-refractivity contribution in [2.75, 3.05) is 6.54 Å². The Labute approximate surface area is 114 Å². The minimum Gasteiger partial charge on any atom is -0.349 e. The molecular formula is C13H15F3N2O2. The summed E-state index contributed by atoms with van der Waals surface area (Å²) < 4.78 is 35.7. The molecule has 0 aromatic heterocycles. The second-order valence-corrected chi connectivity index (χ2v) is 4.34. The Morgan fingerprint density at radius 2 is 1.80 bits per heavy atom. The lowest BCUT2D eigenvalue weighted by atomic mass is 10.1. The number of rotatable bonds is 5. The maximum Gasteiger partial charge on any atom is 0.405 e. The van der Waals surface area contributed by atoms with E-state index in [1.807, 2.05) is 0 Å². The highest BCUT2D eigenvalue weighted by molar-refractivity contribution is 5.94. The number of carbonyl (C=O) groups excluding carboxylic acids is 2. The van der Waals surface area contributed by atoms with Crippen molar-refractivity contribution < 1.29 is 22.8 Å². The van der Waals surface area contributed by atoms with Crippen LogP contribution in [0.25, 0.3) is 0 Å². The molecule has 1 atom stereocenters. The zero-order valence-electron chi connectivity index (χ0n) is 10.8. The molecule has 7 heteroatoms. The van der Waals surface area contributed by atoms with E-state index in [1.165, 1.54) is 0 Å². The molecule has 2 N–H and O–H groups in total. The first-order valence-corrected chi connectivity index (χ1v) is 5.97. The SMILES string of the molecule is CC(CC(=O)NCC(F)(F)F)NC(=O)c1ccccc1. The van der Waals surface area contributed by atoms with Crippen LogP contribution in [0.1, 0.15) is 23.7 Å². The van der Waals surface area contributed by atoms with Crippen LogP contribution in [0.15, 0.2) is 30.3 Å². The topological polar surface area (TPSA) is 58.2 Å². The van der Waals surface area contributed by atoms with Gasteiger partial charge in [-0.25, -0.2) is 0 Å². The number of alkyl halides is 3. The molecule has 0 saturated heterocycles. The number of nitrogens with one attached hydrogen (secondary N) is 2. The van der Waals surface area contributed by atoms with E-state index in [0.717, 1.165) is 0 Å². The minimum absolute atomic E-state index is 0.214. The Morgan fingerprint density at radius 3 is 2.35 bits per heavy atom. The summed E-state index contributed by atoms with van der Waals surface area (Å²) in [6.45, 7) is 0.180. The monoisotopic (exact) mass is 288 g/mol. The average Bonchev–Trinajstić information content (AvgIpc) is 2.36. The molecule has 20 heavy (non-hydrogen) atoms. The molecule has 0 heterocycles. The van der Waals surface area contributed by atoms with E-state index in [2.05, 4.69) is 5.32 Å². The van der Waals surface area contributed by atoms with Gasteiger partial charge in [0, 0.05) is 18.0 Å². The molecule has 0 spiro atoms. The quantitative estimate of drug-likeness (QED) is 0.869. The van der Waals surface area contributed by atoms with Crippen molar-refractivity contribution >= 4 is 11.8 Å². The predicted octanol–water partition coefficient (Wildman–Crippen LogP) is 1.87. The summed E-state index contributed by atoms with van der Waals surface area (Å²) in [5.41, 5.74) is 0.426. The van der Waals surface area contributed by atoms with E-state index in [-0.39, 0.29) is 12.3 Å². The molecule has 110 valence electrons. The second kappa shape index (κ2) is 6.93. The van der Waals surface area contributed by atoms with Crippen LogP contribution in [0.2, 0.25) is 0 Å². The van der Waals surface area contributed by atoms with Gasteiger partial charge in [0.2, 0.25) is 5.91 Å². The van der Waals surface area contributed by atoms with Gasteiger partial charge in [-0.3, -0.25) is 9.59 Å².